The summed E-state index contributed by atoms with van der Waals surface area (Å²) >= 11 is 0. The van der Waals surface area contributed by atoms with Gasteiger partial charge in [-0.05, 0) is 32.1 Å². The number of esters is 1. The summed E-state index contributed by atoms with van der Waals surface area (Å²) in [5.41, 5.74) is -0.165. The average molecular weight is 286 g/mol. The number of carbonyl (C=O) groups excluding carboxylic acids is 1. The van der Waals surface area contributed by atoms with Gasteiger partial charge < -0.3 is 4.74 Å². The SMILES string of the molecule is CCCC[C@]1(CC)C[C@@H](CC)[C@H](CC(=O)OCC)OO1. The molecule has 1 rings (SSSR count). The first-order valence-corrected chi connectivity index (χ1v) is 8.10. The highest BCUT2D eigenvalue weighted by molar-refractivity contribution is 5.70. The Morgan fingerprint density at radius 1 is 1.30 bits per heavy atom. The average Bonchev–Trinajstić information content (AvgIpc) is 2.46. The first-order chi connectivity index (χ1) is 9.60. The van der Waals surface area contributed by atoms with E-state index in [-0.39, 0.29) is 17.7 Å². The molecular formula is C16H30O4. The van der Waals surface area contributed by atoms with Crippen molar-refractivity contribution in [1.29, 1.82) is 0 Å². The molecule has 4 nitrogen and oxygen atoms in total. The Balaban J connectivity index is 2.61. The predicted molar refractivity (Wildman–Crippen MR) is 78.2 cm³/mol. The maximum absolute atomic E-state index is 11.6. The second kappa shape index (κ2) is 8.63. The van der Waals surface area contributed by atoms with Crippen molar-refractivity contribution in [1.82, 2.24) is 0 Å². The molecular weight excluding hydrogens is 256 g/mol. The summed E-state index contributed by atoms with van der Waals surface area (Å²) in [6.45, 7) is 8.72. The first kappa shape index (κ1) is 17.4. The van der Waals surface area contributed by atoms with Gasteiger partial charge in [0.2, 0.25) is 0 Å². The summed E-state index contributed by atoms with van der Waals surface area (Å²) in [5, 5.41) is 0. The fourth-order valence-electron chi connectivity index (χ4n) is 2.90. The van der Waals surface area contributed by atoms with Crippen LogP contribution in [0.5, 0.6) is 0 Å². The van der Waals surface area contributed by atoms with E-state index in [1.807, 2.05) is 6.92 Å². The van der Waals surface area contributed by atoms with E-state index in [0.717, 1.165) is 38.5 Å². The van der Waals surface area contributed by atoms with Gasteiger partial charge in [0.05, 0.1) is 13.0 Å². The molecule has 0 aromatic carbocycles. The zero-order valence-corrected chi connectivity index (χ0v) is 13.4. The maximum Gasteiger partial charge on any atom is 0.308 e. The van der Waals surface area contributed by atoms with Crippen LogP contribution in [0, 0.1) is 5.92 Å². The number of rotatable bonds is 8. The normalized spacial score (nSPS) is 30.2. The molecule has 0 bridgehead atoms. The lowest BCUT2D eigenvalue weighted by atomic mass is 9.79. The van der Waals surface area contributed by atoms with Crippen molar-refractivity contribution in [2.75, 3.05) is 6.61 Å². The lowest BCUT2D eigenvalue weighted by Gasteiger charge is -2.42. The zero-order valence-electron chi connectivity index (χ0n) is 13.4. The molecule has 118 valence electrons. The Labute approximate surface area is 123 Å². The highest BCUT2D eigenvalue weighted by Crippen LogP contribution is 2.39. The quantitative estimate of drug-likeness (QED) is 0.499. The van der Waals surface area contributed by atoms with E-state index in [4.69, 9.17) is 14.5 Å². The number of carbonyl (C=O) groups is 1. The second-order valence-corrected chi connectivity index (χ2v) is 5.74. The van der Waals surface area contributed by atoms with Crippen LogP contribution >= 0.6 is 0 Å². The zero-order chi connectivity index (χ0) is 15.0. The molecule has 0 saturated carbocycles. The summed E-state index contributed by atoms with van der Waals surface area (Å²) in [6.07, 6.45) is 6.40. The smallest absolute Gasteiger partial charge is 0.308 e. The van der Waals surface area contributed by atoms with E-state index < -0.39 is 0 Å². The molecule has 0 aromatic rings. The maximum atomic E-state index is 11.6. The number of hydrogen-bond acceptors (Lipinski definition) is 4. The van der Waals surface area contributed by atoms with Crippen molar-refractivity contribution in [3.8, 4) is 0 Å². The predicted octanol–water partition coefficient (Wildman–Crippen LogP) is 4.03. The molecule has 0 aliphatic carbocycles. The number of ether oxygens (including phenoxy) is 1. The van der Waals surface area contributed by atoms with Gasteiger partial charge in [-0.2, -0.15) is 0 Å². The molecule has 3 atom stereocenters. The standard InChI is InChI=1S/C16H30O4/c1-5-9-10-16(7-3)12-13(6-2)14(19-20-16)11-15(17)18-8-4/h13-14H,5-12H2,1-4H3/t13-,14+,16-/m1/s1. The summed E-state index contributed by atoms with van der Waals surface area (Å²) in [6, 6.07) is 0. The van der Waals surface area contributed by atoms with E-state index in [1.54, 1.807) is 0 Å². The molecule has 4 heteroatoms. The summed E-state index contributed by atoms with van der Waals surface area (Å²) in [7, 11) is 0. The summed E-state index contributed by atoms with van der Waals surface area (Å²) in [4.78, 5) is 23.0. The highest BCUT2D eigenvalue weighted by Gasteiger charge is 2.42. The van der Waals surface area contributed by atoms with Gasteiger partial charge >= 0.3 is 5.97 Å². The van der Waals surface area contributed by atoms with E-state index >= 15 is 0 Å². The van der Waals surface area contributed by atoms with Crippen LogP contribution in [-0.2, 0) is 19.3 Å². The molecule has 1 aliphatic heterocycles. The van der Waals surface area contributed by atoms with Crippen LogP contribution in [0.1, 0.15) is 72.6 Å². The van der Waals surface area contributed by atoms with Crippen molar-refractivity contribution in [3.63, 3.8) is 0 Å². The van der Waals surface area contributed by atoms with Gasteiger partial charge in [0.1, 0.15) is 11.7 Å². The molecule has 1 saturated heterocycles. The molecule has 0 N–H and O–H groups in total. The number of hydrogen-bond donors (Lipinski definition) is 0. The van der Waals surface area contributed by atoms with Gasteiger partial charge in [-0.15, -0.1) is 0 Å². The minimum absolute atomic E-state index is 0.165. The van der Waals surface area contributed by atoms with Gasteiger partial charge in [0.15, 0.2) is 0 Å². The molecule has 0 radical (unpaired) electrons. The third-order valence-corrected chi connectivity index (χ3v) is 4.34. The molecule has 20 heavy (non-hydrogen) atoms. The topological polar surface area (TPSA) is 44.8 Å². The fourth-order valence-corrected chi connectivity index (χ4v) is 2.90. The number of unbranched alkanes of at least 4 members (excludes halogenated alkanes) is 1. The van der Waals surface area contributed by atoms with Crippen LogP contribution in [0.25, 0.3) is 0 Å². The monoisotopic (exact) mass is 286 g/mol. The highest BCUT2D eigenvalue weighted by atomic mass is 17.2. The van der Waals surface area contributed by atoms with E-state index in [0.29, 0.717) is 18.9 Å². The molecule has 0 unspecified atom stereocenters. The fraction of sp³-hybridized carbons (Fsp3) is 0.938. The van der Waals surface area contributed by atoms with Gasteiger partial charge in [0, 0.05) is 0 Å². The van der Waals surface area contributed by atoms with Crippen molar-refractivity contribution in [2.24, 2.45) is 5.92 Å². The van der Waals surface area contributed by atoms with Crippen LogP contribution in [0.2, 0.25) is 0 Å². The molecule has 0 spiro atoms. The molecule has 1 fully saturated rings. The third-order valence-electron chi connectivity index (χ3n) is 4.34. The Hall–Kier alpha value is -0.610. The van der Waals surface area contributed by atoms with Crippen LogP contribution in [0.3, 0.4) is 0 Å². The van der Waals surface area contributed by atoms with Crippen molar-refractivity contribution in [2.45, 2.75) is 84.3 Å². The minimum atomic E-state index is -0.197. The largest absolute Gasteiger partial charge is 0.466 e. The van der Waals surface area contributed by atoms with E-state index in [9.17, 15) is 4.79 Å². The Morgan fingerprint density at radius 3 is 2.60 bits per heavy atom. The van der Waals surface area contributed by atoms with Crippen molar-refractivity contribution >= 4 is 5.97 Å². The lowest BCUT2D eigenvalue weighted by molar-refractivity contribution is -0.423. The first-order valence-electron chi connectivity index (χ1n) is 8.10. The summed E-state index contributed by atoms with van der Waals surface area (Å²) in [5.74, 6) is 0.169. The van der Waals surface area contributed by atoms with Crippen molar-refractivity contribution in [3.05, 3.63) is 0 Å². The molecule has 0 amide bonds. The van der Waals surface area contributed by atoms with E-state index in [2.05, 4.69) is 20.8 Å². The third kappa shape index (κ3) is 4.74. The Morgan fingerprint density at radius 2 is 2.05 bits per heavy atom. The van der Waals surface area contributed by atoms with Crippen LogP contribution < -0.4 is 0 Å². The van der Waals surface area contributed by atoms with Crippen molar-refractivity contribution < 1.29 is 19.3 Å². The van der Waals surface area contributed by atoms with Gasteiger partial charge in [-0.3, -0.25) is 4.79 Å². The minimum Gasteiger partial charge on any atom is -0.466 e. The summed E-state index contributed by atoms with van der Waals surface area (Å²) < 4.78 is 5.01. The van der Waals surface area contributed by atoms with Gasteiger partial charge in [0.25, 0.3) is 0 Å². The Kier molecular flexibility index (Phi) is 7.52. The molecule has 1 aliphatic rings. The van der Waals surface area contributed by atoms with Crippen LogP contribution in [0.4, 0.5) is 0 Å². The van der Waals surface area contributed by atoms with Gasteiger partial charge in [-0.25, -0.2) is 9.78 Å². The molecule has 1 heterocycles. The van der Waals surface area contributed by atoms with Crippen LogP contribution in [0.15, 0.2) is 0 Å². The van der Waals surface area contributed by atoms with Crippen LogP contribution in [-0.4, -0.2) is 24.3 Å². The Bertz CT molecular complexity index is 292. The second-order valence-electron chi connectivity index (χ2n) is 5.74. The van der Waals surface area contributed by atoms with E-state index in [1.165, 1.54) is 0 Å². The van der Waals surface area contributed by atoms with Gasteiger partial charge in [-0.1, -0.05) is 40.0 Å². The lowest BCUT2D eigenvalue weighted by Crippen LogP contribution is -2.45. The molecule has 0 aromatic heterocycles.